The Hall–Kier alpha value is -0.820. The van der Waals surface area contributed by atoms with Gasteiger partial charge in [0, 0.05) is 12.1 Å². The van der Waals surface area contributed by atoms with Crippen molar-refractivity contribution in [3.8, 4) is 0 Å². The summed E-state index contributed by atoms with van der Waals surface area (Å²) < 4.78 is 0. The van der Waals surface area contributed by atoms with E-state index in [1.165, 1.54) is 17.5 Å². The first-order chi connectivity index (χ1) is 6.65. The van der Waals surface area contributed by atoms with Gasteiger partial charge in [-0.15, -0.1) is 0 Å². The highest BCUT2D eigenvalue weighted by Gasteiger charge is 2.09. The molecule has 0 amide bonds. The molecule has 1 aromatic rings. The van der Waals surface area contributed by atoms with Gasteiger partial charge in [0.05, 0.1) is 0 Å². The molecule has 1 aromatic carbocycles. The van der Waals surface area contributed by atoms with Crippen molar-refractivity contribution < 1.29 is 0 Å². The fraction of sp³-hybridized carbons (Fsp3) is 0.538. The minimum atomic E-state index is 0.450. The van der Waals surface area contributed by atoms with Gasteiger partial charge in [-0.2, -0.15) is 0 Å². The van der Waals surface area contributed by atoms with Crippen LogP contribution in [0.1, 0.15) is 44.4 Å². The quantitative estimate of drug-likeness (QED) is 0.768. The highest BCUT2D eigenvalue weighted by atomic mass is 14.9. The van der Waals surface area contributed by atoms with Gasteiger partial charge in [-0.05, 0) is 38.3 Å². The lowest BCUT2D eigenvalue weighted by Gasteiger charge is -2.20. The molecule has 0 aromatic heterocycles. The Morgan fingerprint density at radius 3 is 2.43 bits per heavy atom. The number of nitrogens with one attached hydrogen (secondary N) is 1. The van der Waals surface area contributed by atoms with E-state index >= 15 is 0 Å². The molecule has 14 heavy (non-hydrogen) atoms. The first-order valence-electron chi connectivity index (χ1n) is 5.46. The van der Waals surface area contributed by atoms with Gasteiger partial charge in [0.1, 0.15) is 0 Å². The third-order valence-corrected chi connectivity index (χ3v) is 2.80. The molecular formula is C13H21N. The van der Waals surface area contributed by atoms with E-state index in [-0.39, 0.29) is 0 Å². The Balaban J connectivity index is 2.69. The molecule has 0 saturated carbocycles. The Morgan fingerprint density at radius 1 is 1.21 bits per heavy atom. The van der Waals surface area contributed by atoms with Crippen molar-refractivity contribution >= 4 is 0 Å². The summed E-state index contributed by atoms with van der Waals surface area (Å²) in [5.41, 5.74) is 2.78. The summed E-state index contributed by atoms with van der Waals surface area (Å²) in [5, 5.41) is 3.59. The molecule has 0 aliphatic carbocycles. The van der Waals surface area contributed by atoms with Gasteiger partial charge in [0.2, 0.25) is 0 Å². The summed E-state index contributed by atoms with van der Waals surface area (Å²) in [4.78, 5) is 0. The maximum atomic E-state index is 3.59. The van der Waals surface area contributed by atoms with Crippen molar-refractivity contribution in [1.82, 2.24) is 5.32 Å². The molecule has 0 spiro atoms. The van der Waals surface area contributed by atoms with Gasteiger partial charge < -0.3 is 5.32 Å². The van der Waals surface area contributed by atoms with Gasteiger partial charge in [-0.1, -0.05) is 31.2 Å². The van der Waals surface area contributed by atoms with Crippen LogP contribution >= 0.6 is 0 Å². The van der Waals surface area contributed by atoms with Crippen molar-refractivity contribution in [3.63, 3.8) is 0 Å². The molecule has 0 aliphatic heterocycles. The predicted molar refractivity (Wildman–Crippen MR) is 62.5 cm³/mol. The maximum Gasteiger partial charge on any atom is 0.0296 e. The molecule has 1 rings (SSSR count). The van der Waals surface area contributed by atoms with E-state index in [0.29, 0.717) is 12.1 Å². The standard InChI is InChI=1S/C13H21N/c1-5-11(3)14-12(4)13-9-7-6-8-10(13)2/h6-9,11-12,14H,5H2,1-4H3/t11-,12-/m0/s1. The van der Waals surface area contributed by atoms with Crippen LogP contribution in [-0.4, -0.2) is 6.04 Å². The molecule has 0 bridgehead atoms. The van der Waals surface area contributed by atoms with Crippen molar-refractivity contribution in [2.45, 2.75) is 46.2 Å². The van der Waals surface area contributed by atoms with Crippen LogP contribution in [-0.2, 0) is 0 Å². The van der Waals surface area contributed by atoms with Crippen LogP contribution in [0.5, 0.6) is 0 Å². The van der Waals surface area contributed by atoms with Crippen LogP contribution < -0.4 is 5.32 Å². The zero-order chi connectivity index (χ0) is 10.6. The van der Waals surface area contributed by atoms with Crippen LogP contribution in [0.2, 0.25) is 0 Å². The lowest BCUT2D eigenvalue weighted by molar-refractivity contribution is 0.468. The molecule has 0 fully saturated rings. The van der Waals surface area contributed by atoms with Crippen LogP contribution in [0, 0.1) is 6.92 Å². The van der Waals surface area contributed by atoms with Gasteiger partial charge in [0.25, 0.3) is 0 Å². The van der Waals surface area contributed by atoms with E-state index in [0.717, 1.165) is 0 Å². The summed E-state index contributed by atoms with van der Waals surface area (Å²) in [6.07, 6.45) is 1.18. The number of hydrogen-bond acceptors (Lipinski definition) is 1. The molecule has 1 nitrogen and oxygen atoms in total. The van der Waals surface area contributed by atoms with Crippen LogP contribution in [0.15, 0.2) is 24.3 Å². The van der Waals surface area contributed by atoms with E-state index in [1.54, 1.807) is 0 Å². The number of aryl methyl sites for hydroxylation is 1. The normalized spacial score (nSPS) is 15.1. The molecule has 2 atom stereocenters. The maximum absolute atomic E-state index is 3.59. The highest BCUT2D eigenvalue weighted by molar-refractivity contribution is 5.28. The van der Waals surface area contributed by atoms with Gasteiger partial charge in [0.15, 0.2) is 0 Å². The second-order valence-electron chi connectivity index (χ2n) is 4.05. The minimum absolute atomic E-state index is 0.450. The van der Waals surface area contributed by atoms with Crippen molar-refractivity contribution in [3.05, 3.63) is 35.4 Å². The molecule has 0 aliphatic rings. The average molecular weight is 191 g/mol. The third kappa shape index (κ3) is 2.85. The summed E-state index contributed by atoms with van der Waals surface area (Å²) in [7, 11) is 0. The molecule has 0 radical (unpaired) electrons. The second kappa shape index (κ2) is 5.16. The Labute approximate surface area is 87.5 Å². The fourth-order valence-corrected chi connectivity index (χ4v) is 1.71. The van der Waals surface area contributed by atoms with Gasteiger partial charge in [-0.25, -0.2) is 0 Å². The largest absolute Gasteiger partial charge is 0.308 e. The minimum Gasteiger partial charge on any atom is -0.308 e. The molecule has 1 heteroatoms. The summed E-state index contributed by atoms with van der Waals surface area (Å²) in [6, 6.07) is 9.61. The van der Waals surface area contributed by atoms with Crippen molar-refractivity contribution in [1.29, 1.82) is 0 Å². The van der Waals surface area contributed by atoms with Crippen molar-refractivity contribution in [2.75, 3.05) is 0 Å². The Kier molecular flexibility index (Phi) is 4.15. The first kappa shape index (κ1) is 11.3. The molecule has 0 saturated heterocycles. The predicted octanol–water partition coefficient (Wildman–Crippen LogP) is 3.44. The van der Waals surface area contributed by atoms with E-state index in [1.807, 2.05) is 0 Å². The zero-order valence-corrected chi connectivity index (χ0v) is 9.67. The smallest absolute Gasteiger partial charge is 0.0296 e. The number of rotatable bonds is 4. The van der Waals surface area contributed by atoms with E-state index < -0.39 is 0 Å². The summed E-state index contributed by atoms with van der Waals surface area (Å²) >= 11 is 0. The lowest BCUT2D eigenvalue weighted by Crippen LogP contribution is -2.28. The van der Waals surface area contributed by atoms with Crippen LogP contribution in [0.25, 0.3) is 0 Å². The molecule has 1 N–H and O–H groups in total. The topological polar surface area (TPSA) is 12.0 Å². The van der Waals surface area contributed by atoms with E-state index in [9.17, 15) is 0 Å². The second-order valence-corrected chi connectivity index (χ2v) is 4.05. The summed E-state index contributed by atoms with van der Waals surface area (Å²) in [5.74, 6) is 0. The average Bonchev–Trinajstić information content (AvgIpc) is 2.18. The third-order valence-electron chi connectivity index (χ3n) is 2.80. The Morgan fingerprint density at radius 2 is 1.86 bits per heavy atom. The highest BCUT2D eigenvalue weighted by Crippen LogP contribution is 2.17. The first-order valence-corrected chi connectivity index (χ1v) is 5.46. The lowest BCUT2D eigenvalue weighted by atomic mass is 10.0. The zero-order valence-electron chi connectivity index (χ0n) is 9.67. The number of benzene rings is 1. The van der Waals surface area contributed by atoms with E-state index in [4.69, 9.17) is 0 Å². The van der Waals surface area contributed by atoms with Gasteiger partial charge in [-0.3, -0.25) is 0 Å². The van der Waals surface area contributed by atoms with E-state index in [2.05, 4.69) is 57.3 Å². The molecule has 0 heterocycles. The monoisotopic (exact) mass is 191 g/mol. The molecular weight excluding hydrogens is 170 g/mol. The molecule has 78 valence electrons. The fourth-order valence-electron chi connectivity index (χ4n) is 1.71. The van der Waals surface area contributed by atoms with Crippen LogP contribution in [0.3, 0.4) is 0 Å². The summed E-state index contributed by atoms with van der Waals surface area (Å²) in [6.45, 7) is 8.84. The van der Waals surface area contributed by atoms with Crippen LogP contribution in [0.4, 0.5) is 0 Å². The van der Waals surface area contributed by atoms with Gasteiger partial charge >= 0.3 is 0 Å². The number of hydrogen-bond donors (Lipinski definition) is 1. The van der Waals surface area contributed by atoms with Crippen molar-refractivity contribution in [2.24, 2.45) is 0 Å². The molecule has 0 unspecified atom stereocenters. The SMILES string of the molecule is CC[C@H](C)N[C@@H](C)c1ccccc1C. The Bertz CT molecular complexity index is 280.